The average molecular weight is 386 g/mol. The molecule has 3 atom stereocenters. The summed E-state index contributed by atoms with van der Waals surface area (Å²) in [5, 5.41) is 15.4. The first-order valence-corrected chi connectivity index (χ1v) is 7.76. The van der Waals surface area contributed by atoms with Crippen molar-refractivity contribution >= 4 is 41.1 Å². The minimum absolute atomic E-state index is 0.121. The normalized spacial score (nSPS) is 15.8. The lowest BCUT2D eigenvalue weighted by atomic mass is 10.1. The van der Waals surface area contributed by atoms with Gasteiger partial charge in [0.1, 0.15) is 0 Å². The highest BCUT2D eigenvalue weighted by Crippen LogP contribution is 2.18. The van der Waals surface area contributed by atoms with Crippen LogP contribution in [0.15, 0.2) is 12.2 Å². The molecule has 106 valence electrons. The molecule has 0 saturated carbocycles. The molecule has 0 heterocycles. The van der Waals surface area contributed by atoms with Gasteiger partial charge in [0.15, 0.2) is 0 Å². The molecule has 0 bridgehead atoms. The summed E-state index contributed by atoms with van der Waals surface area (Å²) < 4.78 is 0.329. The number of nitrogens with one attached hydrogen (secondary N) is 2. The van der Waals surface area contributed by atoms with E-state index in [2.05, 4.69) is 52.4 Å². The predicted octanol–water partition coefficient (Wildman–Crippen LogP) is 1.14. The van der Waals surface area contributed by atoms with Gasteiger partial charge in [-0.3, -0.25) is 4.79 Å². The number of carbonyl (C=O) groups excluding carboxylic acids is 1. The smallest absolute Gasteiger partial charge is 0.246 e. The number of aliphatic hydroxyl groups excluding tert-OH is 1. The number of thiol groups is 1. The van der Waals surface area contributed by atoms with Crippen molar-refractivity contribution < 1.29 is 9.90 Å². The Morgan fingerprint density at radius 1 is 1.50 bits per heavy atom. The number of hydrogen-bond donors (Lipinski definition) is 4. The standard InChI is InChI=1S/C12H23IN2O2S/c1-8(2)12(17)15-6-5-14-10(4-7-16)11(13)9(3)18/h9-11,14,16,18H,1,4-7H2,2-3H3,(H,15,17). The molecular formula is C12H23IN2O2S. The van der Waals surface area contributed by atoms with Crippen molar-refractivity contribution in [2.45, 2.75) is 35.5 Å². The third-order valence-corrected chi connectivity index (χ3v) is 5.33. The second-order valence-corrected chi connectivity index (χ2v) is 6.55. The van der Waals surface area contributed by atoms with Crippen molar-refractivity contribution in [3.63, 3.8) is 0 Å². The number of halogens is 1. The highest BCUT2D eigenvalue weighted by Gasteiger charge is 2.21. The summed E-state index contributed by atoms with van der Waals surface area (Å²) in [6, 6.07) is 0.199. The van der Waals surface area contributed by atoms with Gasteiger partial charge < -0.3 is 15.7 Å². The summed E-state index contributed by atoms with van der Waals surface area (Å²) in [5.41, 5.74) is 0.512. The molecule has 0 fully saturated rings. The van der Waals surface area contributed by atoms with Crippen LogP contribution in [0.25, 0.3) is 0 Å². The van der Waals surface area contributed by atoms with E-state index < -0.39 is 0 Å². The van der Waals surface area contributed by atoms with Crippen LogP contribution in [-0.4, -0.2) is 45.9 Å². The third kappa shape index (κ3) is 7.60. The first-order valence-electron chi connectivity index (χ1n) is 6.00. The van der Waals surface area contributed by atoms with Gasteiger partial charge in [-0.1, -0.05) is 36.1 Å². The van der Waals surface area contributed by atoms with Crippen molar-refractivity contribution in [3.8, 4) is 0 Å². The van der Waals surface area contributed by atoms with Crippen LogP contribution < -0.4 is 10.6 Å². The Hall–Kier alpha value is 0.210. The van der Waals surface area contributed by atoms with Crippen LogP contribution in [0.5, 0.6) is 0 Å². The number of alkyl halides is 1. The van der Waals surface area contributed by atoms with E-state index in [4.69, 9.17) is 5.11 Å². The second-order valence-electron chi connectivity index (χ2n) is 4.29. The van der Waals surface area contributed by atoms with Crippen LogP contribution in [0.2, 0.25) is 0 Å². The van der Waals surface area contributed by atoms with Crippen LogP contribution in [0.3, 0.4) is 0 Å². The molecule has 0 spiro atoms. The molecule has 0 aromatic heterocycles. The number of carbonyl (C=O) groups is 1. The van der Waals surface area contributed by atoms with E-state index in [0.717, 1.165) is 0 Å². The fourth-order valence-electron chi connectivity index (χ4n) is 1.43. The Balaban J connectivity index is 3.97. The predicted molar refractivity (Wildman–Crippen MR) is 87.6 cm³/mol. The molecule has 1 amide bonds. The number of rotatable bonds is 9. The summed E-state index contributed by atoms with van der Waals surface area (Å²) in [4.78, 5) is 11.3. The first kappa shape index (κ1) is 18.2. The maximum Gasteiger partial charge on any atom is 0.246 e. The zero-order chi connectivity index (χ0) is 14.1. The minimum atomic E-state index is -0.121. The molecule has 0 rings (SSSR count). The highest BCUT2D eigenvalue weighted by molar-refractivity contribution is 14.1. The molecule has 0 aliphatic rings. The van der Waals surface area contributed by atoms with Gasteiger partial charge in [-0.25, -0.2) is 0 Å². The summed E-state index contributed by atoms with van der Waals surface area (Å²) in [7, 11) is 0. The van der Waals surface area contributed by atoms with E-state index in [0.29, 0.717) is 29.0 Å². The average Bonchev–Trinajstić information content (AvgIpc) is 2.31. The lowest BCUT2D eigenvalue weighted by Crippen LogP contribution is -2.44. The summed E-state index contributed by atoms with van der Waals surface area (Å²) >= 11 is 6.76. The molecular weight excluding hydrogens is 363 g/mol. The van der Waals surface area contributed by atoms with Gasteiger partial charge in [0.25, 0.3) is 0 Å². The van der Waals surface area contributed by atoms with E-state index in [1.54, 1.807) is 6.92 Å². The van der Waals surface area contributed by atoms with Crippen molar-refractivity contribution in [1.29, 1.82) is 0 Å². The summed E-state index contributed by atoms with van der Waals surface area (Å²) in [6.45, 7) is 8.66. The molecule has 0 aromatic carbocycles. The molecule has 18 heavy (non-hydrogen) atoms. The van der Waals surface area contributed by atoms with Gasteiger partial charge in [0, 0.05) is 40.5 Å². The zero-order valence-corrected chi connectivity index (χ0v) is 14.0. The number of aliphatic hydroxyl groups is 1. The topological polar surface area (TPSA) is 61.4 Å². The molecule has 0 radical (unpaired) electrons. The summed E-state index contributed by atoms with van der Waals surface area (Å²) in [5.74, 6) is -0.121. The fourth-order valence-corrected chi connectivity index (χ4v) is 2.26. The van der Waals surface area contributed by atoms with E-state index in [9.17, 15) is 4.79 Å². The maximum atomic E-state index is 11.3. The first-order chi connectivity index (χ1) is 8.40. The van der Waals surface area contributed by atoms with Crippen LogP contribution in [0, 0.1) is 0 Å². The van der Waals surface area contributed by atoms with Gasteiger partial charge in [0.2, 0.25) is 5.91 Å². The molecule has 6 heteroatoms. The van der Waals surface area contributed by atoms with Crippen molar-refractivity contribution in [3.05, 3.63) is 12.2 Å². The van der Waals surface area contributed by atoms with Crippen LogP contribution >= 0.6 is 35.2 Å². The van der Waals surface area contributed by atoms with Crippen molar-refractivity contribution in [2.75, 3.05) is 19.7 Å². The monoisotopic (exact) mass is 386 g/mol. The molecule has 3 unspecified atom stereocenters. The Kier molecular flexibility index (Phi) is 10.2. The summed E-state index contributed by atoms with van der Waals surface area (Å²) in [6.07, 6.45) is 0.687. The molecule has 0 saturated heterocycles. The molecule has 0 aliphatic heterocycles. The van der Waals surface area contributed by atoms with Gasteiger partial charge in [-0.15, -0.1) is 0 Å². The Bertz CT molecular complexity index is 275. The quantitative estimate of drug-likeness (QED) is 0.158. The maximum absolute atomic E-state index is 11.3. The van der Waals surface area contributed by atoms with Gasteiger partial charge in [-0.05, 0) is 13.3 Å². The molecule has 3 N–H and O–H groups in total. The SMILES string of the molecule is C=C(C)C(=O)NCCNC(CCO)C(I)C(C)S. The van der Waals surface area contributed by atoms with Crippen molar-refractivity contribution in [1.82, 2.24) is 10.6 Å². The minimum Gasteiger partial charge on any atom is -0.396 e. The van der Waals surface area contributed by atoms with Crippen LogP contribution in [-0.2, 0) is 4.79 Å². The second kappa shape index (κ2) is 10.1. The lowest BCUT2D eigenvalue weighted by Gasteiger charge is -2.25. The molecule has 4 nitrogen and oxygen atoms in total. The highest BCUT2D eigenvalue weighted by atomic mass is 127. The number of hydrogen-bond acceptors (Lipinski definition) is 4. The van der Waals surface area contributed by atoms with Crippen LogP contribution in [0.4, 0.5) is 0 Å². The van der Waals surface area contributed by atoms with Gasteiger partial charge in [-0.2, -0.15) is 12.6 Å². The van der Waals surface area contributed by atoms with E-state index >= 15 is 0 Å². The Morgan fingerprint density at radius 3 is 2.56 bits per heavy atom. The molecule has 0 aromatic rings. The van der Waals surface area contributed by atoms with E-state index in [-0.39, 0.29) is 23.8 Å². The van der Waals surface area contributed by atoms with Crippen molar-refractivity contribution in [2.24, 2.45) is 0 Å². The Labute approximate surface area is 129 Å². The van der Waals surface area contributed by atoms with Gasteiger partial charge in [0.05, 0.1) is 0 Å². The molecule has 0 aliphatic carbocycles. The van der Waals surface area contributed by atoms with E-state index in [1.165, 1.54) is 0 Å². The number of amides is 1. The van der Waals surface area contributed by atoms with Gasteiger partial charge >= 0.3 is 0 Å². The van der Waals surface area contributed by atoms with Crippen LogP contribution in [0.1, 0.15) is 20.3 Å². The largest absolute Gasteiger partial charge is 0.396 e. The lowest BCUT2D eigenvalue weighted by molar-refractivity contribution is -0.117. The zero-order valence-electron chi connectivity index (χ0n) is 10.9. The third-order valence-electron chi connectivity index (χ3n) is 2.49. The van der Waals surface area contributed by atoms with E-state index in [1.807, 2.05) is 6.92 Å². The fraction of sp³-hybridized carbons (Fsp3) is 0.750. The Morgan fingerprint density at radius 2 is 2.11 bits per heavy atom.